The maximum atomic E-state index is 12.4. The van der Waals surface area contributed by atoms with Gasteiger partial charge in [-0.1, -0.05) is 46.3 Å². The highest BCUT2D eigenvalue weighted by molar-refractivity contribution is 9.10. The van der Waals surface area contributed by atoms with Gasteiger partial charge in [0.25, 0.3) is 0 Å². The van der Waals surface area contributed by atoms with Gasteiger partial charge >= 0.3 is 6.03 Å². The summed E-state index contributed by atoms with van der Waals surface area (Å²) in [6.07, 6.45) is 8.64. The van der Waals surface area contributed by atoms with Gasteiger partial charge in [-0.2, -0.15) is 0 Å². The Bertz CT molecular complexity index is 829. The molecule has 0 fully saturated rings. The molecule has 0 aromatic heterocycles. The zero-order chi connectivity index (χ0) is 17.9. The molecule has 2 aliphatic rings. The van der Waals surface area contributed by atoms with Gasteiger partial charge in [0, 0.05) is 10.2 Å². The van der Waals surface area contributed by atoms with E-state index in [1.807, 2.05) is 41.8 Å². The Labute approximate surface area is 166 Å². The topological polar surface area (TPSA) is 41.1 Å². The number of halogens is 1. The predicted molar refractivity (Wildman–Crippen MR) is 113 cm³/mol. The molecule has 4 rings (SSSR count). The Kier molecular flexibility index (Phi) is 5.36. The van der Waals surface area contributed by atoms with Crippen molar-refractivity contribution in [2.24, 2.45) is 0 Å². The van der Waals surface area contributed by atoms with Crippen LogP contribution in [0.4, 0.5) is 10.5 Å². The van der Waals surface area contributed by atoms with E-state index in [9.17, 15) is 4.79 Å². The first-order valence-electron chi connectivity index (χ1n) is 9.03. The molecule has 2 amide bonds. The van der Waals surface area contributed by atoms with Crippen LogP contribution in [0.5, 0.6) is 0 Å². The van der Waals surface area contributed by atoms with Crippen molar-refractivity contribution in [1.29, 1.82) is 0 Å². The van der Waals surface area contributed by atoms with Crippen molar-refractivity contribution in [3.8, 4) is 0 Å². The molecule has 5 heteroatoms. The Balaban J connectivity index is 1.45. The lowest BCUT2D eigenvalue weighted by molar-refractivity contribution is 0.257. The largest absolute Gasteiger partial charge is 0.329 e. The molecule has 0 radical (unpaired) electrons. The summed E-state index contributed by atoms with van der Waals surface area (Å²) in [4.78, 5) is 12.4. The molecule has 0 unspecified atom stereocenters. The van der Waals surface area contributed by atoms with Crippen LogP contribution in [-0.2, 0) is 25.7 Å². The van der Waals surface area contributed by atoms with Crippen molar-refractivity contribution < 1.29 is 4.79 Å². The van der Waals surface area contributed by atoms with Gasteiger partial charge in [-0.15, -0.1) is 0 Å². The minimum Gasteiger partial charge on any atom is -0.307 e. The van der Waals surface area contributed by atoms with E-state index in [2.05, 4.69) is 26.0 Å². The molecule has 2 aromatic rings. The summed E-state index contributed by atoms with van der Waals surface area (Å²) in [7, 11) is 0. The maximum absolute atomic E-state index is 12.4. The number of anilines is 1. The van der Waals surface area contributed by atoms with E-state index in [0.717, 1.165) is 36.9 Å². The molecule has 0 saturated carbocycles. The molecule has 134 valence electrons. The SMILES string of the molecule is O=C(NS/C=C/c1ccccc1)Nc1c2c(c(Br)c3c1CCC3)CCC2. The van der Waals surface area contributed by atoms with Gasteiger partial charge in [-0.05, 0) is 89.8 Å². The first kappa shape index (κ1) is 17.7. The molecular weight excluding hydrogens is 408 g/mol. The number of benzene rings is 2. The second kappa shape index (κ2) is 7.89. The lowest BCUT2D eigenvalue weighted by Crippen LogP contribution is -2.24. The number of urea groups is 1. The third-order valence-electron chi connectivity index (χ3n) is 5.09. The Hall–Kier alpha value is -1.72. The predicted octanol–water partition coefficient (Wildman–Crippen LogP) is 5.87. The van der Waals surface area contributed by atoms with Crippen LogP contribution in [0.15, 0.2) is 40.2 Å². The quantitative estimate of drug-likeness (QED) is 0.597. The number of rotatable bonds is 4. The molecule has 0 bridgehead atoms. The molecule has 0 aliphatic heterocycles. The van der Waals surface area contributed by atoms with Crippen LogP contribution in [0.25, 0.3) is 6.08 Å². The van der Waals surface area contributed by atoms with Crippen LogP contribution in [0.3, 0.4) is 0 Å². The fourth-order valence-corrected chi connectivity index (χ4v) is 5.27. The summed E-state index contributed by atoms with van der Waals surface area (Å²) in [6, 6.07) is 9.90. The summed E-state index contributed by atoms with van der Waals surface area (Å²) >= 11 is 5.11. The second-order valence-electron chi connectivity index (χ2n) is 6.70. The molecule has 3 nitrogen and oxygen atoms in total. The van der Waals surface area contributed by atoms with Crippen LogP contribution in [0.2, 0.25) is 0 Å². The highest BCUT2D eigenvalue weighted by Crippen LogP contribution is 2.44. The monoisotopic (exact) mass is 428 g/mol. The number of hydrogen-bond acceptors (Lipinski definition) is 2. The van der Waals surface area contributed by atoms with Gasteiger partial charge in [0.15, 0.2) is 0 Å². The van der Waals surface area contributed by atoms with Crippen LogP contribution in [0, 0.1) is 0 Å². The summed E-state index contributed by atoms with van der Waals surface area (Å²) in [6.45, 7) is 0. The van der Waals surface area contributed by atoms with Crippen molar-refractivity contribution in [3.05, 3.63) is 68.0 Å². The lowest BCUT2D eigenvalue weighted by Gasteiger charge is -2.18. The fraction of sp³-hybridized carbons (Fsp3) is 0.286. The standard InChI is InChI=1S/C21H21BrN2OS/c22-19-15-8-4-10-17(15)20(18-11-5-9-16(18)19)23-21(25)24-26-13-12-14-6-2-1-3-7-14/h1-3,6-7,12-13H,4-5,8-11H2,(H2,23,24,25)/b13-12+. The average molecular weight is 429 g/mol. The number of carbonyl (C=O) groups excluding carboxylic acids is 1. The van der Waals surface area contributed by atoms with E-state index in [4.69, 9.17) is 0 Å². The zero-order valence-corrected chi connectivity index (χ0v) is 16.9. The second-order valence-corrected chi connectivity index (χ2v) is 8.20. The summed E-state index contributed by atoms with van der Waals surface area (Å²) in [5.41, 5.74) is 7.65. The maximum Gasteiger partial charge on any atom is 0.329 e. The highest BCUT2D eigenvalue weighted by Gasteiger charge is 2.28. The molecule has 0 atom stereocenters. The van der Waals surface area contributed by atoms with Crippen LogP contribution in [-0.4, -0.2) is 6.03 Å². The zero-order valence-electron chi connectivity index (χ0n) is 14.5. The Morgan fingerprint density at radius 3 is 2.23 bits per heavy atom. The van der Waals surface area contributed by atoms with Gasteiger partial charge in [-0.3, -0.25) is 4.72 Å². The summed E-state index contributed by atoms with van der Waals surface area (Å²) < 4.78 is 4.16. The van der Waals surface area contributed by atoms with Gasteiger partial charge in [-0.25, -0.2) is 4.79 Å². The number of hydrogen-bond donors (Lipinski definition) is 2. The molecule has 26 heavy (non-hydrogen) atoms. The van der Waals surface area contributed by atoms with Crippen LogP contribution < -0.4 is 10.0 Å². The van der Waals surface area contributed by atoms with Crippen LogP contribution in [0.1, 0.15) is 40.7 Å². The smallest absolute Gasteiger partial charge is 0.307 e. The van der Waals surface area contributed by atoms with Gasteiger partial charge in [0.05, 0.1) is 0 Å². The number of amides is 2. The highest BCUT2D eigenvalue weighted by atomic mass is 79.9. The first-order chi connectivity index (χ1) is 12.7. The summed E-state index contributed by atoms with van der Waals surface area (Å²) in [5.74, 6) is 0. The molecule has 0 saturated heterocycles. The van der Waals surface area contributed by atoms with Crippen molar-refractivity contribution in [2.75, 3.05) is 5.32 Å². The molecule has 0 heterocycles. The van der Waals surface area contributed by atoms with Crippen molar-refractivity contribution in [3.63, 3.8) is 0 Å². The van der Waals surface area contributed by atoms with Crippen molar-refractivity contribution >= 4 is 45.7 Å². The van der Waals surface area contributed by atoms with Gasteiger partial charge in [0.1, 0.15) is 0 Å². The molecule has 2 aliphatic carbocycles. The van der Waals surface area contributed by atoms with E-state index in [1.165, 1.54) is 51.5 Å². The number of fused-ring (bicyclic) bond motifs is 2. The van der Waals surface area contributed by atoms with Crippen molar-refractivity contribution in [1.82, 2.24) is 4.72 Å². The molecular formula is C21H21BrN2OS. The minimum atomic E-state index is -0.154. The Morgan fingerprint density at radius 1 is 0.962 bits per heavy atom. The minimum absolute atomic E-state index is 0.154. The molecule has 2 aromatic carbocycles. The van der Waals surface area contributed by atoms with E-state index >= 15 is 0 Å². The van der Waals surface area contributed by atoms with Gasteiger partial charge < -0.3 is 5.32 Å². The van der Waals surface area contributed by atoms with E-state index in [0.29, 0.717) is 0 Å². The van der Waals surface area contributed by atoms with Crippen molar-refractivity contribution in [2.45, 2.75) is 38.5 Å². The lowest BCUT2D eigenvalue weighted by atomic mass is 9.99. The normalized spacial score (nSPS) is 15.1. The first-order valence-corrected chi connectivity index (χ1v) is 10.7. The third kappa shape index (κ3) is 3.55. The third-order valence-corrected chi connectivity index (χ3v) is 6.62. The van der Waals surface area contributed by atoms with E-state index < -0.39 is 0 Å². The number of carbonyl (C=O) groups is 1. The summed E-state index contributed by atoms with van der Waals surface area (Å²) in [5, 5.41) is 5.04. The average Bonchev–Trinajstić information content (AvgIpc) is 3.33. The van der Waals surface area contributed by atoms with Gasteiger partial charge in [0.2, 0.25) is 0 Å². The molecule has 2 N–H and O–H groups in total. The fourth-order valence-electron chi connectivity index (χ4n) is 3.94. The molecule has 0 spiro atoms. The van der Waals surface area contributed by atoms with E-state index in [-0.39, 0.29) is 6.03 Å². The Morgan fingerprint density at radius 2 is 1.58 bits per heavy atom. The van der Waals surface area contributed by atoms with Crippen LogP contribution >= 0.6 is 27.9 Å². The van der Waals surface area contributed by atoms with E-state index in [1.54, 1.807) is 0 Å². The number of nitrogens with one attached hydrogen (secondary N) is 2.